The molecule has 1 spiro atoms. The molecule has 6 nitrogen and oxygen atoms in total. The first-order valence-electron chi connectivity index (χ1n) is 14.9. The van der Waals surface area contributed by atoms with Crippen LogP contribution in [0.25, 0.3) is 0 Å². The van der Waals surface area contributed by atoms with Crippen LogP contribution in [0, 0.1) is 46.3 Å². The summed E-state index contributed by atoms with van der Waals surface area (Å²) in [5, 5.41) is 13.1. The Labute approximate surface area is 227 Å². The van der Waals surface area contributed by atoms with Gasteiger partial charge in [-0.3, -0.25) is 9.59 Å². The third-order valence-corrected chi connectivity index (χ3v) is 11.6. The maximum atomic E-state index is 14.8. The molecule has 1 unspecified atom stereocenters. The van der Waals surface area contributed by atoms with Crippen molar-refractivity contribution in [3.8, 4) is 0 Å². The fourth-order valence-corrected chi connectivity index (χ4v) is 9.35. The highest BCUT2D eigenvalue weighted by Crippen LogP contribution is 2.72. The Morgan fingerprint density at radius 2 is 1.84 bits per heavy atom. The number of hydrogen-bond acceptors (Lipinski definition) is 6. The van der Waals surface area contributed by atoms with Gasteiger partial charge in [0.1, 0.15) is 6.10 Å². The van der Waals surface area contributed by atoms with E-state index in [0.29, 0.717) is 11.8 Å². The number of carbonyl (C=O) groups excluding carboxylic acids is 2. The third kappa shape index (κ3) is 3.48. The van der Waals surface area contributed by atoms with Crippen molar-refractivity contribution >= 4 is 11.8 Å². The molecule has 6 aliphatic rings. The lowest BCUT2D eigenvalue weighted by Crippen LogP contribution is -2.68. The molecule has 0 radical (unpaired) electrons. The lowest BCUT2D eigenvalue weighted by Gasteiger charge is -2.52. The van der Waals surface area contributed by atoms with Crippen molar-refractivity contribution in [1.29, 1.82) is 0 Å². The zero-order valence-corrected chi connectivity index (χ0v) is 24.2. The summed E-state index contributed by atoms with van der Waals surface area (Å²) in [6.07, 6.45) is 8.68. The van der Waals surface area contributed by atoms with Gasteiger partial charge in [-0.25, -0.2) is 0 Å². The summed E-state index contributed by atoms with van der Waals surface area (Å²) in [4.78, 5) is 28.4. The first-order chi connectivity index (χ1) is 17.8. The predicted molar refractivity (Wildman–Crippen MR) is 143 cm³/mol. The van der Waals surface area contributed by atoms with Crippen molar-refractivity contribution in [3.05, 3.63) is 23.3 Å². The van der Waals surface area contributed by atoms with E-state index in [1.807, 2.05) is 33.8 Å². The highest BCUT2D eigenvalue weighted by Gasteiger charge is 2.77. The van der Waals surface area contributed by atoms with Crippen LogP contribution >= 0.6 is 0 Å². The zero-order valence-electron chi connectivity index (χ0n) is 24.2. The highest BCUT2D eigenvalue weighted by atomic mass is 16.7. The van der Waals surface area contributed by atoms with Gasteiger partial charge >= 0.3 is 5.97 Å². The summed E-state index contributed by atoms with van der Waals surface area (Å²) in [5.41, 5.74) is -1.32. The number of rotatable bonds is 3. The molecule has 1 heterocycles. The molecule has 9 atom stereocenters. The summed E-state index contributed by atoms with van der Waals surface area (Å²) in [6, 6.07) is 0. The van der Waals surface area contributed by atoms with E-state index in [2.05, 4.69) is 26.8 Å². The van der Waals surface area contributed by atoms with Crippen LogP contribution in [0.2, 0.25) is 0 Å². The Bertz CT molecular complexity index is 1100. The second-order valence-corrected chi connectivity index (χ2v) is 14.5. The van der Waals surface area contributed by atoms with Gasteiger partial charge < -0.3 is 19.3 Å². The smallest absolute Gasteiger partial charge is 0.309 e. The summed E-state index contributed by atoms with van der Waals surface area (Å²) in [7, 11) is 0. The largest absolute Gasteiger partial charge is 0.454 e. The van der Waals surface area contributed by atoms with E-state index < -0.39 is 29.0 Å². The number of esters is 1. The highest BCUT2D eigenvalue weighted by molar-refractivity contribution is 5.95. The van der Waals surface area contributed by atoms with Crippen LogP contribution in [0.15, 0.2) is 23.3 Å². The van der Waals surface area contributed by atoms with Crippen LogP contribution in [0.5, 0.6) is 0 Å². The zero-order chi connectivity index (χ0) is 27.4. The Morgan fingerprint density at radius 1 is 1.16 bits per heavy atom. The van der Waals surface area contributed by atoms with Gasteiger partial charge in [-0.1, -0.05) is 59.1 Å². The topological polar surface area (TPSA) is 82.1 Å². The first kappa shape index (κ1) is 26.7. The van der Waals surface area contributed by atoms with Gasteiger partial charge in [-0.2, -0.15) is 0 Å². The molecule has 0 aromatic heterocycles. The van der Waals surface area contributed by atoms with Gasteiger partial charge in [0, 0.05) is 5.92 Å². The Morgan fingerprint density at radius 3 is 2.53 bits per heavy atom. The van der Waals surface area contributed by atoms with Crippen molar-refractivity contribution in [3.63, 3.8) is 0 Å². The molecule has 3 saturated carbocycles. The molecule has 1 saturated heterocycles. The minimum atomic E-state index is -1.74. The van der Waals surface area contributed by atoms with E-state index in [1.54, 1.807) is 0 Å². The normalized spacial score (nSPS) is 45.8. The molecule has 6 rings (SSSR count). The fraction of sp³-hybridized carbons (Fsp3) is 0.812. The molecule has 2 bridgehead atoms. The van der Waals surface area contributed by atoms with Crippen LogP contribution < -0.4 is 0 Å². The molecule has 1 N–H and O–H groups in total. The number of fused-ring (bicyclic) bond motifs is 5. The van der Waals surface area contributed by atoms with Gasteiger partial charge in [0.2, 0.25) is 0 Å². The SMILES string of the molecule is CC1=C[C@]23C(=O)[C@@H](C=C4COC(C)(C)O[C@H]4[C@]2(O)[C@H]1OC(=O)C(C)C1CCCCC1)[C@H]1[C@@H](C[C@H]3C)C1(C)C. The van der Waals surface area contributed by atoms with E-state index >= 15 is 0 Å². The minimum Gasteiger partial charge on any atom is -0.454 e. The van der Waals surface area contributed by atoms with Crippen LogP contribution in [0.1, 0.15) is 87.0 Å². The van der Waals surface area contributed by atoms with Crippen molar-refractivity contribution in [2.45, 2.75) is 111 Å². The second kappa shape index (κ2) is 8.50. The van der Waals surface area contributed by atoms with Gasteiger partial charge in [-0.05, 0) is 80.3 Å². The summed E-state index contributed by atoms with van der Waals surface area (Å²) < 4.78 is 18.9. The predicted octanol–water partition coefficient (Wildman–Crippen LogP) is 5.38. The second-order valence-electron chi connectivity index (χ2n) is 14.5. The third-order valence-electron chi connectivity index (χ3n) is 11.6. The van der Waals surface area contributed by atoms with Crippen LogP contribution in [-0.2, 0) is 23.8 Å². The standard InChI is InChI=1S/C32H46O6/c1-17-15-31-18(2)13-23-24(29(23,4)5)22(25(31)33)14-21-16-36-30(6,7)38-27(21)32(31,35)26(17)37-28(34)19(3)20-11-9-8-10-12-20/h14-15,18-20,22-24,26-27,35H,8-13,16H2,1-7H3/t18-,19?,22+,23-,24+,26+,27-,31+,32-/m1/s1. The minimum absolute atomic E-state index is 0.0482. The molecule has 6 heteroatoms. The fourth-order valence-electron chi connectivity index (χ4n) is 9.35. The van der Waals surface area contributed by atoms with Gasteiger partial charge in [0.25, 0.3) is 0 Å². The van der Waals surface area contributed by atoms with Crippen molar-refractivity contribution < 1.29 is 28.9 Å². The number of carbonyl (C=O) groups is 2. The molecule has 0 aromatic rings. The molecule has 210 valence electrons. The Balaban J connectivity index is 1.45. The maximum absolute atomic E-state index is 14.8. The molecule has 5 aliphatic carbocycles. The van der Waals surface area contributed by atoms with E-state index in [1.165, 1.54) is 6.42 Å². The van der Waals surface area contributed by atoms with Gasteiger partial charge in [-0.15, -0.1) is 0 Å². The maximum Gasteiger partial charge on any atom is 0.309 e. The monoisotopic (exact) mass is 526 g/mol. The number of aliphatic hydroxyl groups is 1. The number of Topliss-reactive ketones (excluding diaryl/α,β-unsaturated/α-hetero) is 1. The van der Waals surface area contributed by atoms with E-state index in [4.69, 9.17) is 14.2 Å². The Hall–Kier alpha value is -1.50. The number of ether oxygens (including phenoxy) is 3. The van der Waals surface area contributed by atoms with Gasteiger partial charge in [0.15, 0.2) is 23.3 Å². The molecular formula is C32H46O6. The summed E-state index contributed by atoms with van der Waals surface area (Å²) in [5.74, 6) is -0.944. The molecule has 4 fully saturated rings. The average molecular weight is 527 g/mol. The van der Waals surface area contributed by atoms with E-state index in [-0.39, 0.29) is 47.4 Å². The molecule has 38 heavy (non-hydrogen) atoms. The number of allylic oxidation sites excluding steroid dienone is 1. The lowest BCUT2D eigenvalue weighted by atomic mass is 9.58. The number of ketones is 1. The van der Waals surface area contributed by atoms with Crippen molar-refractivity contribution in [1.82, 2.24) is 0 Å². The van der Waals surface area contributed by atoms with Gasteiger partial charge in [0.05, 0.1) is 17.9 Å². The lowest BCUT2D eigenvalue weighted by molar-refractivity contribution is -0.304. The van der Waals surface area contributed by atoms with Crippen LogP contribution in [0.4, 0.5) is 0 Å². The number of hydrogen-bond donors (Lipinski definition) is 1. The molecule has 0 aromatic carbocycles. The quantitative estimate of drug-likeness (QED) is 0.393. The average Bonchev–Trinajstić information content (AvgIpc) is 3.36. The van der Waals surface area contributed by atoms with Crippen LogP contribution in [0.3, 0.4) is 0 Å². The first-order valence-corrected chi connectivity index (χ1v) is 14.9. The molecule has 0 amide bonds. The summed E-state index contributed by atoms with van der Waals surface area (Å²) in [6.45, 7) is 14.5. The molecular weight excluding hydrogens is 480 g/mol. The van der Waals surface area contributed by atoms with Crippen molar-refractivity contribution in [2.24, 2.45) is 46.3 Å². The van der Waals surface area contributed by atoms with E-state index in [9.17, 15) is 14.7 Å². The van der Waals surface area contributed by atoms with Crippen molar-refractivity contribution in [2.75, 3.05) is 6.61 Å². The summed E-state index contributed by atoms with van der Waals surface area (Å²) >= 11 is 0. The van der Waals surface area contributed by atoms with Crippen LogP contribution in [-0.4, -0.2) is 47.1 Å². The molecule has 1 aliphatic heterocycles. The van der Waals surface area contributed by atoms with E-state index in [0.717, 1.165) is 43.3 Å². The Kier molecular flexibility index (Phi) is 5.98.